The minimum atomic E-state index is -0.658. The highest BCUT2D eigenvalue weighted by Crippen LogP contribution is 2.29. The first-order chi connectivity index (χ1) is 11.1. The monoisotopic (exact) mass is 347 g/mol. The van der Waals surface area contributed by atoms with Crippen LogP contribution in [0, 0.1) is 13.8 Å². The molecule has 1 unspecified atom stereocenters. The van der Waals surface area contributed by atoms with E-state index in [1.165, 1.54) is 25.9 Å². The van der Waals surface area contributed by atoms with E-state index in [9.17, 15) is 14.4 Å². The first-order valence-electron chi connectivity index (χ1n) is 7.48. The van der Waals surface area contributed by atoms with E-state index in [1.54, 1.807) is 6.92 Å². The maximum Gasteiger partial charge on any atom is 0.332 e. The van der Waals surface area contributed by atoms with Crippen molar-refractivity contribution in [1.29, 1.82) is 0 Å². The van der Waals surface area contributed by atoms with Crippen LogP contribution in [-0.2, 0) is 14.1 Å². The number of nitrogen functional groups attached to an aromatic ring is 1. The predicted molar refractivity (Wildman–Crippen MR) is 96.9 cm³/mol. The first-order valence-corrected chi connectivity index (χ1v) is 8.36. The van der Waals surface area contributed by atoms with Gasteiger partial charge in [0.05, 0.1) is 5.25 Å². The van der Waals surface area contributed by atoms with Crippen molar-refractivity contribution in [1.82, 2.24) is 9.13 Å². The fourth-order valence-electron chi connectivity index (χ4n) is 2.37. The third kappa shape index (κ3) is 3.17. The number of nitrogens with two attached hydrogens (primary N) is 1. The Bertz CT molecular complexity index is 928. The summed E-state index contributed by atoms with van der Waals surface area (Å²) >= 11 is 1.38. The number of rotatable bonds is 4. The Labute approximate surface area is 144 Å². The van der Waals surface area contributed by atoms with Gasteiger partial charge in [-0.1, -0.05) is 17.7 Å². The lowest BCUT2D eigenvalue weighted by Crippen LogP contribution is -2.42. The number of benzene rings is 1. The molecule has 6 nitrogen and oxygen atoms in total. The van der Waals surface area contributed by atoms with Crippen molar-refractivity contribution in [3.8, 4) is 0 Å². The van der Waals surface area contributed by atoms with Crippen molar-refractivity contribution in [3.63, 3.8) is 0 Å². The molecule has 1 aromatic heterocycles. The van der Waals surface area contributed by atoms with Crippen molar-refractivity contribution in [3.05, 3.63) is 55.7 Å². The number of carbonyl (C=O) groups excluding carboxylic acids is 1. The van der Waals surface area contributed by atoms with Gasteiger partial charge in [0, 0.05) is 19.0 Å². The van der Waals surface area contributed by atoms with E-state index in [0.717, 1.165) is 25.2 Å². The van der Waals surface area contributed by atoms with Crippen LogP contribution < -0.4 is 17.0 Å². The largest absolute Gasteiger partial charge is 0.384 e. The van der Waals surface area contributed by atoms with Gasteiger partial charge < -0.3 is 5.73 Å². The summed E-state index contributed by atoms with van der Waals surface area (Å²) in [4.78, 5) is 37.9. The molecular weight excluding hydrogens is 326 g/mol. The molecule has 7 heteroatoms. The summed E-state index contributed by atoms with van der Waals surface area (Å²) < 4.78 is 2.02. The van der Waals surface area contributed by atoms with E-state index in [2.05, 4.69) is 0 Å². The molecule has 1 atom stereocenters. The normalized spacial score (nSPS) is 12.2. The van der Waals surface area contributed by atoms with Crippen LogP contribution in [0.2, 0.25) is 0 Å². The van der Waals surface area contributed by atoms with Gasteiger partial charge in [-0.3, -0.25) is 18.7 Å². The van der Waals surface area contributed by atoms with E-state index < -0.39 is 16.5 Å². The number of hydrogen-bond acceptors (Lipinski definition) is 5. The number of nitrogens with zero attached hydrogens (tertiary/aromatic N) is 2. The van der Waals surface area contributed by atoms with Crippen LogP contribution in [0.5, 0.6) is 0 Å². The van der Waals surface area contributed by atoms with Crippen molar-refractivity contribution >= 4 is 23.4 Å². The van der Waals surface area contributed by atoms with Crippen molar-refractivity contribution in [2.75, 3.05) is 5.73 Å². The molecule has 0 bridgehead atoms. The average molecular weight is 347 g/mol. The van der Waals surface area contributed by atoms with Crippen LogP contribution in [0.4, 0.5) is 5.82 Å². The number of carbonyl (C=O) groups is 1. The molecule has 1 heterocycles. The molecule has 0 radical (unpaired) electrons. The Morgan fingerprint density at radius 2 is 1.79 bits per heavy atom. The first kappa shape index (κ1) is 18.1. The van der Waals surface area contributed by atoms with E-state index in [0.29, 0.717) is 0 Å². The smallest absolute Gasteiger partial charge is 0.332 e. The van der Waals surface area contributed by atoms with Crippen LogP contribution >= 0.6 is 11.8 Å². The molecular formula is C17H21N3O3S. The van der Waals surface area contributed by atoms with Crippen molar-refractivity contribution in [2.24, 2.45) is 14.1 Å². The van der Waals surface area contributed by atoms with Gasteiger partial charge in [0.25, 0.3) is 5.56 Å². The van der Waals surface area contributed by atoms with Crippen LogP contribution in [0.25, 0.3) is 0 Å². The van der Waals surface area contributed by atoms with E-state index in [4.69, 9.17) is 5.73 Å². The van der Waals surface area contributed by atoms with E-state index in [-0.39, 0.29) is 17.2 Å². The second kappa shape index (κ2) is 6.68. The Morgan fingerprint density at radius 3 is 2.42 bits per heavy atom. The molecule has 0 saturated heterocycles. The van der Waals surface area contributed by atoms with Crippen LogP contribution in [0.1, 0.15) is 28.4 Å². The zero-order valence-corrected chi connectivity index (χ0v) is 15.2. The lowest BCUT2D eigenvalue weighted by molar-refractivity contribution is 0.0992. The summed E-state index contributed by atoms with van der Waals surface area (Å²) in [6, 6.07) is 6.01. The fraction of sp³-hybridized carbons (Fsp3) is 0.353. The maximum atomic E-state index is 12.8. The molecule has 0 amide bonds. The minimum absolute atomic E-state index is 0.0958. The van der Waals surface area contributed by atoms with Gasteiger partial charge >= 0.3 is 5.69 Å². The standard InChI is InChI=1S/C17H21N3O3S/c1-9-6-7-10(2)12(8-9)24-11(3)14(21)13-15(18)19(4)17(23)20(5)16(13)22/h6-8,11H,18H2,1-5H3. The molecule has 2 rings (SSSR count). The van der Waals surface area contributed by atoms with Crippen LogP contribution in [0.3, 0.4) is 0 Å². The van der Waals surface area contributed by atoms with Gasteiger partial charge in [-0.15, -0.1) is 11.8 Å². The molecule has 0 aliphatic rings. The highest BCUT2D eigenvalue weighted by Gasteiger charge is 2.25. The quantitative estimate of drug-likeness (QED) is 0.671. The predicted octanol–water partition coefficient (Wildman–Crippen LogP) is 1.65. The molecule has 1 aromatic carbocycles. The number of thioether (sulfide) groups is 1. The zero-order valence-electron chi connectivity index (χ0n) is 14.4. The second-order valence-electron chi connectivity index (χ2n) is 5.86. The van der Waals surface area contributed by atoms with Crippen LogP contribution in [-0.4, -0.2) is 20.2 Å². The third-order valence-corrected chi connectivity index (χ3v) is 5.23. The van der Waals surface area contributed by atoms with Gasteiger partial charge in [0.2, 0.25) is 0 Å². The number of aryl methyl sites for hydroxylation is 2. The SMILES string of the molecule is Cc1ccc(C)c(SC(C)C(=O)c2c(N)n(C)c(=O)n(C)c2=O)c1. The lowest BCUT2D eigenvalue weighted by atomic mass is 10.1. The molecule has 2 aromatic rings. The Hall–Kier alpha value is -2.28. The van der Waals surface area contributed by atoms with Gasteiger partial charge in [-0.05, 0) is 32.4 Å². The van der Waals surface area contributed by atoms with Crippen LogP contribution in [0.15, 0.2) is 32.7 Å². The Balaban J connectivity index is 2.44. The Kier molecular flexibility index (Phi) is 5.03. The number of hydrogen-bond donors (Lipinski definition) is 1. The number of ketones is 1. The van der Waals surface area contributed by atoms with Gasteiger partial charge in [-0.2, -0.15) is 0 Å². The molecule has 24 heavy (non-hydrogen) atoms. The number of aromatic nitrogens is 2. The van der Waals surface area contributed by atoms with Gasteiger partial charge in [0.15, 0.2) is 5.78 Å². The highest BCUT2D eigenvalue weighted by molar-refractivity contribution is 8.00. The topological polar surface area (TPSA) is 87.1 Å². The molecule has 0 aliphatic carbocycles. The molecule has 0 spiro atoms. The summed E-state index contributed by atoms with van der Waals surface area (Å²) in [6.45, 7) is 5.69. The van der Waals surface area contributed by atoms with Crippen molar-refractivity contribution < 1.29 is 4.79 Å². The summed E-state index contributed by atoms with van der Waals surface area (Å²) in [5.74, 6) is -0.476. The van der Waals surface area contributed by atoms with E-state index >= 15 is 0 Å². The lowest BCUT2D eigenvalue weighted by Gasteiger charge is -2.15. The fourth-order valence-corrected chi connectivity index (χ4v) is 3.49. The molecule has 128 valence electrons. The Morgan fingerprint density at radius 1 is 1.17 bits per heavy atom. The molecule has 0 saturated carbocycles. The van der Waals surface area contributed by atoms with Gasteiger partial charge in [0.1, 0.15) is 11.4 Å². The highest BCUT2D eigenvalue weighted by atomic mass is 32.2. The number of Topliss-reactive ketones (excluding diaryl/α,β-unsaturated/α-hetero) is 1. The zero-order chi connectivity index (χ0) is 18.2. The van der Waals surface area contributed by atoms with E-state index in [1.807, 2.05) is 32.0 Å². The molecule has 2 N–H and O–H groups in total. The minimum Gasteiger partial charge on any atom is -0.384 e. The summed E-state index contributed by atoms with van der Waals surface area (Å²) in [6.07, 6.45) is 0. The van der Waals surface area contributed by atoms with Gasteiger partial charge in [-0.25, -0.2) is 4.79 Å². The summed E-state index contributed by atoms with van der Waals surface area (Å²) in [5, 5.41) is -0.502. The average Bonchev–Trinajstić information content (AvgIpc) is 2.54. The number of anilines is 1. The summed E-state index contributed by atoms with van der Waals surface area (Å²) in [7, 11) is 2.78. The third-order valence-electron chi connectivity index (χ3n) is 3.97. The maximum absolute atomic E-state index is 12.8. The summed E-state index contributed by atoms with van der Waals surface area (Å²) in [5.41, 5.74) is 6.67. The molecule has 0 fully saturated rings. The van der Waals surface area contributed by atoms with Crippen molar-refractivity contribution in [2.45, 2.75) is 30.9 Å². The second-order valence-corrected chi connectivity index (χ2v) is 7.24. The molecule has 0 aliphatic heterocycles.